The monoisotopic (exact) mass is 525 g/mol. The zero-order chi connectivity index (χ0) is 27.7. The van der Waals surface area contributed by atoms with E-state index in [4.69, 9.17) is 28.4 Å². The molecule has 38 heavy (non-hydrogen) atoms. The van der Waals surface area contributed by atoms with Gasteiger partial charge in [0.25, 0.3) is 0 Å². The van der Waals surface area contributed by atoms with Gasteiger partial charge in [-0.25, -0.2) is 9.59 Å². The Balaban J connectivity index is 2.11. The van der Waals surface area contributed by atoms with E-state index < -0.39 is 17.9 Å². The maximum atomic E-state index is 13.2. The van der Waals surface area contributed by atoms with Gasteiger partial charge >= 0.3 is 11.9 Å². The van der Waals surface area contributed by atoms with E-state index in [0.29, 0.717) is 52.9 Å². The summed E-state index contributed by atoms with van der Waals surface area (Å²) in [7, 11) is 4.67. The quantitative estimate of drug-likeness (QED) is 0.369. The van der Waals surface area contributed by atoms with E-state index in [9.17, 15) is 9.59 Å². The second kappa shape index (κ2) is 13.4. The first-order valence-corrected chi connectivity index (χ1v) is 12.5. The lowest BCUT2D eigenvalue weighted by atomic mass is 9.83. The Hall–Kier alpha value is -4.14. The van der Waals surface area contributed by atoms with Gasteiger partial charge in [-0.3, -0.25) is 0 Å². The van der Waals surface area contributed by atoms with Crippen LogP contribution in [0.4, 0.5) is 0 Å². The lowest BCUT2D eigenvalue weighted by Gasteiger charge is -2.31. The first-order valence-electron chi connectivity index (χ1n) is 12.5. The molecule has 0 atom stereocenters. The van der Waals surface area contributed by atoms with Gasteiger partial charge in [0.15, 0.2) is 23.0 Å². The normalized spacial score (nSPS) is 13.3. The van der Waals surface area contributed by atoms with Gasteiger partial charge in [-0.2, -0.15) is 0 Å². The van der Waals surface area contributed by atoms with Crippen LogP contribution in [0.25, 0.3) is 0 Å². The Morgan fingerprint density at radius 1 is 0.711 bits per heavy atom. The van der Waals surface area contributed by atoms with Crippen molar-refractivity contribution < 1.29 is 38.0 Å². The fourth-order valence-corrected chi connectivity index (χ4v) is 4.26. The molecule has 0 saturated heterocycles. The molecule has 0 bridgehead atoms. The third kappa shape index (κ3) is 6.40. The molecule has 0 amide bonds. The number of carbonyl (C=O) groups excluding carboxylic acids is 2. The van der Waals surface area contributed by atoms with Crippen molar-refractivity contribution in [2.24, 2.45) is 0 Å². The molecule has 1 aliphatic heterocycles. The van der Waals surface area contributed by atoms with Crippen LogP contribution in [-0.4, -0.2) is 58.0 Å². The third-order valence-corrected chi connectivity index (χ3v) is 5.89. The van der Waals surface area contributed by atoms with Crippen LogP contribution in [0, 0.1) is 0 Å². The Morgan fingerprint density at radius 3 is 1.79 bits per heavy atom. The molecule has 0 fully saturated rings. The average Bonchev–Trinajstić information content (AvgIpc) is 2.93. The van der Waals surface area contributed by atoms with Crippen LogP contribution in [0.3, 0.4) is 0 Å². The predicted molar refractivity (Wildman–Crippen MR) is 141 cm³/mol. The number of methoxy groups -OCH3 is 3. The number of esters is 2. The van der Waals surface area contributed by atoms with Crippen LogP contribution in [0.2, 0.25) is 0 Å². The first-order chi connectivity index (χ1) is 18.4. The van der Waals surface area contributed by atoms with Crippen molar-refractivity contribution in [2.75, 3.05) is 41.2 Å². The minimum Gasteiger partial charge on any atom is -0.493 e. The van der Waals surface area contributed by atoms with E-state index in [1.54, 1.807) is 63.6 Å². The van der Waals surface area contributed by atoms with Crippen molar-refractivity contribution in [3.8, 4) is 23.0 Å². The maximum Gasteiger partial charge on any atom is 0.336 e. The van der Waals surface area contributed by atoms with Crippen molar-refractivity contribution in [3.63, 3.8) is 0 Å². The lowest BCUT2D eigenvalue weighted by Crippen LogP contribution is -2.29. The van der Waals surface area contributed by atoms with E-state index in [2.05, 4.69) is 0 Å². The van der Waals surface area contributed by atoms with Crippen molar-refractivity contribution >= 4 is 11.9 Å². The lowest BCUT2D eigenvalue weighted by molar-refractivity contribution is -0.139. The van der Waals surface area contributed by atoms with E-state index >= 15 is 0 Å². The molecule has 0 aromatic heterocycles. The molecule has 204 valence electrons. The number of nitrogens with zero attached hydrogens (tertiary/aromatic N) is 1. The highest BCUT2D eigenvalue weighted by Crippen LogP contribution is 2.41. The summed E-state index contributed by atoms with van der Waals surface area (Å²) in [6.07, 6.45) is 3.40. The van der Waals surface area contributed by atoms with Crippen molar-refractivity contribution in [2.45, 2.75) is 33.2 Å². The molecule has 1 aliphatic rings. The van der Waals surface area contributed by atoms with Crippen LogP contribution in [0.15, 0.2) is 59.9 Å². The Morgan fingerprint density at radius 2 is 1.26 bits per heavy atom. The van der Waals surface area contributed by atoms with Crippen molar-refractivity contribution in [1.29, 1.82) is 0 Å². The zero-order valence-corrected chi connectivity index (χ0v) is 22.7. The fraction of sp³-hybridized carbons (Fsp3) is 0.379. The summed E-state index contributed by atoms with van der Waals surface area (Å²) in [5.41, 5.74) is 2.13. The molecule has 0 spiro atoms. The largest absolute Gasteiger partial charge is 0.493 e. The molecular weight excluding hydrogens is 490 g/mol. The fourth-order valence-electron chi connectivity index (χ4n) is 4.26. The standard InChI is InChI=1S/C29H35NO8/c1-7-36-24-13-11-20(15-26(24)35-6)27-21(28(31)37-8-2)17-30(18-22(27)29(32)38-9-3)16-19-10-12-23(33-4)25(14-19)34-5/h10-15,17-18,27H,7-9,16H2,1-6H3. The summed E-state index contributed by atoms with van der Waals surface area (Å²) in [5.74, 6) is 0.432. The molecule has 9 heteroatoms. The molecule has 0 unspecified atom stereocenters. The topological polar surface area (TPSA) is 92.8 Å². The highest BCUT2D eigenvalue weighted by molar-refractivity contribution is 5.98. The van der Waals surface area contributed by atoms with Crippen LogP contribution >= 0.6 is 0 Å². The number of benzene rings is 2. The van der Waals surface area contributed by atoms with Gasteiger partial charge in [0.1, 0.15) is 0 Å². The van der Waals surface area contributed by atoms with Gasteiger partial charge < -0.3 is 33.3 Å². The minimum absolute atomic E-state index is 0.184. The predicted octanol–water partition coefficient (Wildman–Crippen LogP) is 4.60. The second-order valence-electron chi connectivity index (χ2n) is 8.25. The first kappa shape index (κ1) is 28.4. The molecule has 0 saturated carbocycles. The molecule has 3 rings (SSSR count). The highest BCUT2D eigenvalue weighted by Gasteiger charge is 2.36. The number of hydrogen-bond acceptors (Lipinski definition) is 9. The number of rotatable bonds is 12. The average molecular weight is 526 g/mol. The summed E-state index contributed by atoms with van der Waals surface area (Å²) >= 11 is 0. The number of ether oxygens (including phenoxy) is 6. The molecule has 1 heterocycles. The van der Waals surface area contributed by atoms with Gasteiger partial charge in [0.05, 0.1) is 58.2 Å². The number of carbonyl (C=O) groups is 2. The van der Waals surface area contributed by atoms with Crippen LogP contribution < -0.4 is 18.9 Å². The summed E-state index contributed by atoms with van der Waals surface area (Å²) in [6, 6.07) is 10.9. The van der Waals surface area contributed by atoms with Crippen molar-refractivity contribution in [3.05, 3.63) is 71.1 Å². The molecule has 0 radical (unpaired) electrons. The summed E-state index contributed by atoms with van der Waals surface area (Å²) in [6.45, 7) is 6.54. The molecule has 2 aromatic rings. The molecule has 0 aliphatic carbocycles. The SMILES string of the molecule is CCOC(=O)C1=CN(Cc2ccc(OC)c(OC)c2)C=C(C(=O)OCC)C1c1ccc(OCC)c(OC)c1. The third-order valence-electron chi connectivity index (χ3n) is 5.89. The van der Waals surface area contributed by atoms with Gasteiger partial charge in [-0.15, -0.1) is 0 Å². The summed E-state index contributed by atoms with van der Waals surface area (Å²) in [4.78, 5) is 28.2. The highest BCUT2D eigenvalue weighted by atomic mass is 16.5. The van der Waals surface area contributed by atoms with Gasteiger partial charge in [0, 0.05) is 18.9 Å². The van der Waals surface area contributed by atoms with Gasteiger partial charge in [0.2, 0.25) is 0 Å². The molecule has 9 nitrogen and oxygen atoms in total. The smallest absolute Gasteiger partial charge is 0.336 e. The molecule has 2 aromatic carbocycles. The van der Waals surface area contributed by atoms with E-state index in [1.165, 1.54) is 7.11 Å². The van der Waals surface area contributed by atoms with Crippen molar-refractivity contribution in [1.82, 2.24) is 4.90 Å². The minimum atomic E-state index is -0.737. The Labute approximate surface area is 223 Å². The molecular formula is C29H35NO8. The zero-order valence-electron chi connectivity index (χ0n) is 22.7. The van der Waals surface area contributed by atoms with E-state index in [0.717, 1.165) is 5.56 Å². The Kier molecular flexibility index (Phi) is 10.0. The van der Waals surface area contributed by atoms with E-state index in [1.807, 2.05) is 25.1 Å². The summed E-state index contributed by atoms with van der Waals surface area (Å²) < 4.78 is 32.7. The van der Waals surface area contributed by atoms with Crippen LogP contribution in [0.1, 0.15) is 37.8 Å². The van der Waals surface area contributed by atoms with Gasteiger partial charge in [-0.05, 0) is 56.2 Å². The molecule has 0 N–H and O–H groups in total. The summed E-state index contributed by atoms with van der Waals surface area (Å²) in [5, 5.41) is 0. The van der Waals surface area contributed by atoms with Crippen LogP contribution in [0.5, 0.6) is 23.0 Å². The number of hydrogen-bond donors (Lipinski definition) is 0. The van der Waals surface area contributed by atoms with E-state index in [-0.39, 0.29) is 13.2 Å². The van der Waals surface area contributed by atoms with Gasteiger partial charge in [-0.1, -0.05) is 12.1 Å². The Bertz CT molecular complexity index is 1170. The van der Waals surface area contributed by atoms with Crippen LogP contribution in [-0.2, 0) is 25.6 Å². The second-order valence-corrected chi connectivity index (χ2v) is 8.25. The maximum absolute atomic E-state index is 13.2.